The maximum Gasteiger partial charge on any atom is 2.00 e. The van der Waals surface area contributed by atoms with Crippen LogP contribution < -0.4 is 0 Å². The molecule has 0 rings (SSSR count). The summed E-state index contributed by atoms with van der Waals surface area (Å²) in [6.45, 7) is 17.1. The van der Waals surface area contributed by atoms with Crippen molar-refractivity contribution in [2.45, 2.75) is 41.0 Å². The second-order valence-corrected chi connectivity index (χ2v) is 3.53. The molecule has 0 aromatic heterocycles. The van der Waals surface area contributed by atoms with Crippen LogP contribution in [0.2, 0.25) is 0 Å². The monoisotopic (exact) mass is 228 g/mol. The molecule has 0 saturated carbocycles. The molecule has 82 valence electrons. The Balaban J connectivity index is -0.0000000522. The predicted molar refractivity (Wildman–Crippen MR) is 64.1 cm³/mol. The first kappa shape index (κ1) is 24.1. The second-order valence-electron chi connectivity index (χ2n) is 3.53. The van der Waals surface area contributed by atoms with Gasteiger partial charge in [-0.3, -0.25) is 4.79 Å². The summed E-state index contributed by atoms with van der Waals surface area (Å²) in [5, 5.41) is 7.72. The van der Waals surface area contributed by atoms with Crippen molar-refractivity contribution in [1.29, 1.82) is 0 Å². The quantitative estimate of drug-likeness (QED) is 0.553. The summed E-state index contributed by atoms with van der Waals surface area (Å²) >= 11 is 0. The van der Waals surface area contributed by atoms with Gasteiger partial charge in [0.1, 0.15) is 0 Å². The van der Waals surface area contributed by atoms with Gasteiger partial charge in [-0.05, 0) is 0 Å². The molecule has 0 spiro atoms. The van der Waals surface area contributed by atoms with Gasteiger partial charge in [0.15, 0.2) is 0 Å². The van der Waals surface area contributed by atoms with Crippen LogP contribution >= 0.6 is 0 Å². The molecule has 14 heavy (non-hydrogen) atoms. The number of hydrogen-bond donors (Lipinski definition) is 1. The molecule has 0 unspecified atom stereocenters. The Morgan fingerprint density at radius 2 is 1.21 bits per heavy atom. The second kappa shape index (κ2) is 19.3. The minimum absolute atomic E-state index is 0. The number of carboxylic acids is 1. The Labute approximate surface area is 119 Å². The molecular weight excluding hydrogens is 204 g/mol. The molecule has 0 aliphatic rings. The van der Waals surface area contributed by atoms with Crippen LogP contribution in [0.4, 0.5) is 0 Å². The summed E-state index contributed by atoms with van der Waals surface area (Å²) in [6, 6.07) is 0. The van der Waals surface area contributed by atoms with E-state index in [1.807, 2.05) is 0 Å². The first-order chi connectivity index (χ1) is 5.73. The van der Waals surface area contributed by atoms with Crippen LogP contribution in [0.15, 0.2) is 0 Å². The van der Waals surface area contributed by atoms with Gasteiger partial charge in [-0.1, -0.05) is 34.6 Å². The van der Waals surface area contributed by atoms with Crippen LogP contribution in [-0.4, -0.2) is 48.8 Å². The normalized spacial score (nSPS) is 7.79. The molecule has 0 heterocycles. The molecule has 0 fully saturated rings. The van der Waals surface area contributed by atoms with Crippen molar-refractivity contribution in [3.8, 4) is 0 Å². The van der Waals surface area contributed by atoms with Crippen molar-refractivity contribution in [3.05, 3.63) is 13.8 Å². The number of aliphatic carboxylic acids is 1. The van der Waals surface area contributed by atoms with Gasteiger partial charge in [-0.15, -0.1) is 0 Å². The van der Waals surface area contributed by atoms with Crippen molar-refractivity contribution >= 4 is 43.7 Å². The Kier molecular flexibility index (Phi) is 33.3. The standard InChI is InChI=1S/2C4H9.C3H6O2.Ca/c2*1-4(2)3;1-2-3(4)5;/h2*4H,1H2,2-3H3;2H2,1H3,(H,4,5);/q2*-1;;+2. The Hall–Kier alpha value is 0.730. The molecule has 0 atom stereocenters. The molecule has 1 N–H and O–H groups in total. The zero-order valence-electron chi connectivity index (χ0n) is 10.3. The summed E-state index contributed by atoms with van der Waals surface area (Å²) in [7, 11) is 0. The molecule has 0 amide bonds. The smallest absolute Gasteiger partial charge is 0.481 e. The van der Waals surface area contributed by atoms with Gasteiger partial charge in [0.25, 0.3) is 0 Å². The fourth-order valence-corrected chi connectivity index (χ4v) is 0. The van der Waals surface area contributed by atoms with Crippen molar-refractivity contribution < 1.29 is 9.90 Å². The number of rotatable bonds is 1. The zero-order valence-corrected chi connectivity index (χ0v) is 12.5. The van der Waals surface area contributed by atoms with E-state index in [-0.39, 0.29) is 44.2 Å². The average Bonchev–Trinajstić information content (AvgIpc) is 1.84. The van der Waals surface area contributed by atoms with Gasteiger partial charge in [-0.2, -0.15) is 11.8 Å². The van der Waals surface area contributed by atoms with E-state index in [1.165, 1.54) is 0 Å². The summed E-state index contributed by atoms with van der Waals surface area (Å²) in [5.74, 6) is 0.421. The maximum atomic E-state index is 9.37. The molecule has 0 bridgehead atoms. The molecule has 0 saturated heterocycles. The van der Waals surface area contributed by atoms with E-state index < -0.39 is 5.97 Å². The van der Waals surface area contributed by atoms with E-state index in [4.69, 9.17) is 5.11 Å². The van der Waals surface area contributed by atoms with E-state index in [0.29, 0.717) is 11.8 Å². The maximum absolute atomic E-state index is 9.37. The Bertz CT molecular complexity index is 90.0. The first-order valence-corrected chi connectivity index (χ1v) is 4.61. The van der Waals surface area contributed by atoms with Crippen LogP contribution in [0.5, 0.6) is 0 Å². The minimum atomic E-state index is -0.745. The predicted octanol–water partition coefficient (Wildman–Crippen LogP) is 3.05. The van der Waals surface area contributed by atoms with Gasteiger partial charge in [0.2, 0.25) is 0 Å². The molecule has 0 aliphatic heterocycles. The third kappa shape index (κ3) is 235. The fourth-order valence-electron chi connectivity index (χ4n) is 0. The average molecular weight is 228 g/mol. The van der Waals surface area contributed by atoms with E-state index in [0.717, 1.165) is 0 Å². The van der Waals surface area contributed by atoms with Gasteiger partial charge in [0, 0.05) is 6.42 Å². The third-order valence-corrected chi connectivity index (χ3v) is 0.302. The third-order valence-electron chi connectivity index (χ3n) is 0.302. The fraction of sp³-hybridized carbons (Fsp3) is 0.727. The first-order valence-electron chi connectivity index (χ1n) is 4.61. The molecule has 2 nitrogen and oxygen atoms in total. The Morgan fingerprint density at radius 3 is 1.21 bits per heavy atom. The van der Waals surface area contributed by atoms with Gasteiger partial charge >= 0.3 is 43.7 Å². The van der Waals surface area contributed by atoms with Gasteiger partial charge in [-0.25, -0.2) is 0 Å². The van der Waals surface area contributed by atoms with Gasteiger partial charge in [0.05, 0.1) is 0 Å². The number of carbonyl (C=O) groups is 1. The molecule has 0 aromatic carbocycles. The summed E-state index contributed by atoms with van der Waals surface area (Å²) in [4.78, 5) is 9.37. The molecule has 0 radical (unpaired) electrons. The SMILES string of the molecule is CCC(=O)O.[CH2-]C(C)C.[CH2-]C(C)C.[Ca+2]. The summed E-state index contributed by atoms with van der Waals surface area (Å²) in [6.07, 6.45) is 0.222. The van der Waals surface area contributed by atoms with Crippen molar-refractivity contribution in [1.82, 2.24) is 0 Å². The number of carboxylic acid groups (broad SMARTS) is 1. The van der Waals surface area contributed by atoms with Crippen LogP contribution in [0.25, 0.3) is 0 Å². The van der Waals surface area contributed by atoms with E-state index in [2.05, 4.69) is 41.5 Å². The van der Waals surface area contributed by atoms with E-state index in [9.17, 15) is 4.79 Å². The zero-order chi connectivity index (χ0) is 11.4. The summed E-state index contributed by atoms with van der Waals surface area (Å²) in [5.41, 5.74) is 0. The van der Waals surface area contributed by atoms with E-state index >= 15 is 0 Å². The molecular formula is C11H24CaO2. The topological polar surface area (TPSA) is 37.3 Å². The van der Waals surface area contributed by atoms with Crippen LogP contribution in [-0.2, 0) is 4.79 Å². The molecule has 3 heteroatoms. The molecule has 0 aromatic rings. The largest absolute Gasteiger partial charge is 2.00 e. The van der Waals surface area contributed by atoms with Crippen LogP contribution in [0.1, 0.15) is 41.0 Å². The van der Waals surface area contributed by atoms with Crippen molar-refractivity contribution in [2.24, 2.45) is 11.8 Å². The van der Waals surface area contributed by atoms with Crippen LogP contribution in [0, 0.1) is 25.7 Å². The Morgan fingerprint density at radius 1 is 1.14 bits per heavy atom. The minimum Gasteiger partial charge on any atom is -0.481 e. The van der Waals surface area contributed by atoms with E-state index in [1.54, 1.807) is 6.92 Å². The molecule has 0 aliphatic carbocycles. The summed E-state index contributed by atoms with van der Waals surface area (Å²) < 4.78 is 0. The number of hydrogen-bond acceptors (Lipinski definition) is 1. The van der Waals surface area contributed by atoms with Crippen molar-refractivity contribution in [2.75, 3.05) is 0 Å². The van der Waals surface area contributed by atoms with Crippen molar-refractivity contribution in [3.63, 3.8) is 0 Å². The van der Waals surface area contributed by atoms with Crippen LogP contribution in [0.3, 0.4) is 0 Å². The van der Waals surface area contributed by atoms with Gasteiger partial charge < -0.3 is 19.0 Å².